The zero-order chi connectivity index (χ0) is 13.0. The average Bonchev–Trinajstić information content (AvgIpc) is 2.97. The topological polar surface area (TPSA) is 71.3 Å². The molecule has 0 bridgehead atoms. The molecule has 0 spiro atoms. The van der Waals surface area contributed by atoms with Crippen LogP contribution in [0.5, 0.6) is 0 Å². The lowest BCUT2D eigenvalue weighted by Gasteiger charge is -2.12. The van der Waals surface area contributed by atoms with Gasteiger partial charge in [-0.25, -0.2) is 0 Å². The van der Waals surface area contributed by atoms with Gasteiger partial charge < -0.3 is 15.1 Å². The van der Waals surface area contributed by atoms with E-state index in [1.165, 1.54) is 6.26 Å². The molecule has 1 aliphatic rings. The number of hydrogen-bond acceptors (Lipinski definition) is 3. The van der Waals surface area contributed by atoms with Crippen molar-refractivity contribution >= 4 is 11.8 Å². The summed E-state index contributed by atoms with van der Waals surface area (Å²) in [5, 5.41) is 5.45. The summed E-state index contributed by atoms with van der Waals surface area (Å²) < 4.78 is 4.93. The maximum atomic E-state index is 11.6. The predicted molar refractivity (Wildman–Crippen MR) is 66.0 cm³/mol. The second kappa shape index (κ2) is 5.71. The van der Waals surface area contributed by atoms with E-state index in [2.05, 4.69) is 17.6 Å². The minimum atomic E-state index is -0.366. The van der Waals surface area contributed by atoms with Crippen LogP contribution < -0.4 is 10.6 Å². The molecule has 1 fully saturated rings. The Bertz CT molecular complexity index is 414. The number of furan rings is 1. The Morgan fingerprint density at radius 2 is 2.28 bits per heavy atom. The molecule has 0 saturated heterocycles. The van der Waals surface area contributed by atoms with E-state index in [0.717, 1.165) is 19.3 Å². The Hall–Kier alpha value is -1.78. The molecule has 1 saturated carbocycles. The lowest BCUT2D eigenvalue weighted by atomic mass is 10.1. The van der Waals surface area contributed by atoms with Gasteiger partial charge in [0.2, 0.25) is 5.91 Å². The quantitative estimate of drug-likeness (QED) is 0.846. The third-order valence-corrected chi connectivity index (χ3v) is 3.21. The Morgan fingerprint density at radius 3 is 2.89 bits per heavy atom. The molecule has 1 aromatic rings. The Kier molecular flexibility index (Phi) is 4.02. The standard InChI is InChI=1S/C13H18N2O3/c1-9-4-5-10(7-9)15-12(16)8-14-13(17)11-3-2-6-18-11/h2-3,6,9-10H,4-5,7-8H2,1H3,(H,14,17)(H,15,16). The van der Waals surface area contributed by atoms with Crippen LogP contribution in [0.3, 0.4) is 0 Å². The fourth-order valence-corrected chi connectivity index (χ4v) is 2.27. The molecule has 18 heavy (non-hydrogen) atoms. The van der Waals surface area contributed by atoms with E-state index in [0.29, 0.717) is 5.92 Å². The normalized spacial score (nSPS) is 22.7. The number of carbonyl (C=O) groups excluding carboxylic acids is 2. The van der Waals surface area contributed by atoms with Gasteiger partial charge in [-0.3, -0.25) is 9.59 Å². The van der Waals surface area contributed by atoms with Crippen LogP contribution in [0.4, 0.5) is 0 Å². The molecular weight excluding hydrogens is 232 g/mol. The highest BCUT2D eigenvalue weighted by Crippen LogP contribution is 2.24. The van der Waals surface area contributed by atoms with Crippen LogP contribution in [-0.2, 0) is 4.79 Å². The van der Waals surface area contributed by atoms with Gasteiger partial charge in [0.05, 0.1) is 12.8 Å². The minimum absolute atomic E-state index is 0.00951. The first-order valence-electron chi connectivity index (χ1n) is 6.26. The Labute approximate surface area is 106 Å². The summed E-state index contributed by atoms with van der Waals surface area (Å²) in [6.07, 6.45) is 4.63. The van der Waals surface area contributed by atoms with Crippen LogP contribution >= 0.6 is 0 Å². The zero-order valence-corrected chi connectivity index (χ0v) is 10.4. The van der Waals surface area contributed by atoms with Crippen molar-refractivity contribution in [3.63, 3.8) is 0 Å². The fourth-order valence-electron chi connectivity index (χ4n) is 2.27. The number of hydrogen-bond donors (Lipinski definition) is 2. The Morgan fingerprint density at radius 1 is 1.44 bits per heavy atom. The summed E-state index contributed by atoms with van der Waals surface area (Å²) >= 11 is 0. The summed E-state index contributed by atoms with van der Waals surface area (Å²) in [6.45, 7) is 2.18. The molecule has 5 heteroatoms. The van der Waals surface area contributed by atoms with Gasteiger partial charge >= 0.3 is 0 Å². The predicted octanol–water partition coefficient (Wildman–Crippen LogP) is 1.31. The first-order valence-corrected chi connectivity index (χ1v) is 6.26. The van der Waals surface area contributed by atoms with E-state index in [9.17, 15) is 9.59 Å². The molecule has 0 radical (unpaired) electrons. The van der Waals surface area contributed by atoms with Crippen molar-refractivity contribution < 1.29 is 14.0 Å². The maximum Gasteiger partial charge on any atom is 0.287 e. The van der Waals surface area contributed by atoms with Crippen molar-refractivity contribution in [3.05, 3.63) is 24.2 Å². The third-order valence-electron chi connectivity index (χ3n) is 3.21. The van der Waals surface area contributed by atoms with Crippen LogP contribution in [-0.4, -0.2) is 24.4 Å². The smallest absolute Gasteiger partial charge is 0.287 e. The molecule has 2 unspecified atom stereocenters. The first kappa shape index (κ1) is 12.7. The van der Waals surface area contributed by atoms with E-state index in [4.69, 9.17) is 4.42 Å². The van der Waals surface area contributed by atoms with Crippen LogP contribution in [0, 0.1) is 5.92 Å². The molecule has 1 heterocycles. The van der Waals surface area contributed by atoms with Crippen molar-refractivity contribution in [2.75, 3.05) is 6.54 Å². The third kappa shape index (κ3) is 3.35. The molecule has 2 rings (SSSR count). The summed E-state index contributed by atoms with van der Waals surface area (Å²) in [6, 6.07) is 3.45. The molecule has 2 amide bonds. The second-order valence-electron chi connectivity index (χ2n) is 4.84. The first-order chi connectivity index (χ1) is 8.65. The van der Waals surface area contributed by atoms with Crippen LogP contribution in [0.1, 0.15) is 36.7 Å². The molecule has 1 aromatic heterocycles. The highest BCUT2D eigenvalue weighted by molar-refractivity contribution is 5.94. The van der Waals surface area contributed by atoms with Gasteiger partial charge in [0, 0.05) is 6.04 Å². The van der Waals surface area contributed by atoms with Gasteiger partial charge in [-0.1, -0.05) is 6.92 Å². The Balaban J connectivity index is 1.70. The lowest BCUT2D eigenvalue weighted by Crippen LogP contribution is -2.41. The highest BCUT2D eigenvalue weighted by Gasteiger charge is 2.22. The lowest BCUT2D eigenvalue weighted by molar-refractivity contribution is -0.120. The summed E-state index contributed by atoms with van der Waals surface area (Å²) in [4.78, 5) is 23.1. The van der Waals surface area contributed by atoms with Gasteiger partial charge in [0.25, 0.3) is 5.91 Å². The van der Waals surface area contributed by atoms with Crippen molar-refractivity contribution in [1.29, 1.82) is 0 Å². The number of rotatable bonds is 4. The second-order valence-corrected chi connectivity index (χ2v) is 4.84. The maximum absolute atomic E-state index is 11.6. The van der Waals surface area contributed by atoms with E-state index >= 15 is 0 Å². The fraction of sp³-hybridized carbons (Fsp3) is 0.538. The summed E-state index contributed by atoms with van der Waals surface area (Å²) in [5.74, 6) is 0.384. The number of nitrogens with one attached hydrogen (secondary N) is 2. The van der Waals surface area contributed by atoms with E-state index in [-0.39, 0.29) is 30.2 Å². The molecule has 98 valence electrons. The number of amides is 2. The van der Waals surface area contributed by atoms with E-state index in [1.54, 1.807) is 12.1 Å². The van der Waals surface area contributed by atoms with Crippen molar-refractivity contribution in [2.24, 2.45) is 5.92 Å². The summed E-state index contributed by atoms with van der Waals surface area (Å²) in [5.41, 5.74) is 0. The molecule has 0 aromatic carbocycles. The van der Waals surface area contributed by atoms with Gasteiger partial charge in [-0.05, 0) is 37.3 Å². The largest absolute Gasteiger partial charge is 0.459 e. The van der Waals surface area contributed by atoms with Crippen LogP contribution in [0.25, 0.3) is 0 Å². The number of carbonyl (C=O) groups is 2. The van der Waals surface area contributed by atoms with Crippen molar-refractivity contribution in [1.82, 2.24) is 10.6 Å². The van der Waals surface area contributed by atoms with Gasteiger partial charge in [-0.2, -0.15) is 0 Å². The van der Waals surface area contributed by atoms with Crippen LogP contribution in [0.2, 0.25) is 0 Å². The molecule has 0 aliphatic heterocycles. The van der Waals surface area contributed by atoms with Gasteiger partial charge in [0.15, 0.2) is 5.76 Å². The molecule has 2 atom stereocenters. The monoisotopic (exact) mass is 250 g/mol. The average molecular weight is 250 g/mol. The van der Waals surface area contributed by atoms with Crippen molar-refractivity contribution in [3.8, 4) is 0 Å². The molecule has 2 N–H and O–H groups in total. The van der Waals surface area contributed by atoms with E-state index < -0.39 is 0 Å². The molecule has 1 aliphatic carbocycles. The van der Waals surface area contributed by atoms with Gasteiger partial charge in [0.1, 0.15) is 0 Å². The molecule has 5 nitrogen and oxygen atoms in total. The summed E-state index contributed by atoms with van der Waals surface area (Å²) in [7, 11) is 0. The van der Waals surface area contributed by atoms with Crippen LogP contribution in [0.15, 0.2) is 22.8 Å². The molecular formula is C13H18N2O3. The minimum Gasteiger partial charge on any atom is -0.459 e. The van der Waals surface area contributed by atoms with Gasteiger partial charge in [-0.15, -0.1) is 0 Å². The van der Waals surface area contributed by atoms with E-state index in [1.807, 2.05) is 0 Å². The van der Waals surface area contributed by atoms with Crippen molar-refractivity contribution in [2.45, 2.75) is 32.2 Å². The SMILES string of the molecule is CC1CCC(NC(=O)CNC(=O)c2ccco2)C1. The zero-order valence-electron chi connectivity index (χ0n) is 10.4. The highest BCUT2D eigenvalue weighted by atomic mass is 16.3.